The van der Waals surface area contributed by atoms with Crippen LogP contribution in [0.15, 0.2) is 75.1 Å². The van der Waals surface area contributed by atoms with E-state index >= 15 is 0 Å². The lowest BCUT2D eigenvalue weighted by atomic mass is 10.2. The van der Waals surface area contributed by atoms with Crippen LogP contribution in [-0.2, 0) is 16.4 Å². The molecule has 3 aromatic rings. The van der Waals surface area contributed by atoms with E-state index in [-0.39, 0.29) is 22.0 Å². The molecule has 0 unspecified atom stereocenters. The van der Waals surface area contributed by atoms with Crippen LogP contribution in [-0.4, -0.2) is 19.2 Å². The van der Waals surface area contributed by atoms with Gasteiger partial charge in [0.1, 0.15) is 10.7 Å². The Morgan fingerprint density at radius 3 is 2.50 bits per heavy atom. The van der Waals surface area contributed by atoms with Crippen LogP contribution >= 0.6 is 11.6 Å². The van der Waals surface area contributed by atoms with Crippen LogP contribution in [0.2, 0.25) is 5.02 Å². The lowest BCUT2D eigenvalue weighted by molar-refractivity contribution is -0.387. The van der Waals surface area contributed by atoms with Gasteiger partial charge in [-0.05, 0) is 36.4 Å². The first kappa shape index (κ1) is 19.6. The number of nitro benzene ring substituents is 1. The van der Waals surface area contributed by atoms with Crippen molar-refractivity contribution in [1.29, 1.82) is 0 Å². The van der Waals surface area contributed by atoms with Gasteiger partial charge in [0.05, 0.1) is 27.6 Å². The maximum absolute atomic E-state index is 12.8. The number of nitrogens with one attached hydrogen (secondary N) is 1. The van der Waals surface area contributed by atoms with E-state index < -0.39 is 31.3 Å². The molecule has 10 heteroatoms. The first-order valence-corrected chi connectivity index (χ1v) is 9.75. The fourth-order valence-electron chi connectivity index (χ4n) is 2.49. The Kier molecular flexibility index (Phi) is 5.48. The maximum Gasteiger partial charge on any atom is 0.289 e. The number of amides is 1. The molecule has 0 aliphatic heterocycles. The normalized spacial score (nSPS) is 11.2. The average molecular weight is 421 g/mol. The van der Waals surface area contributed by atoms with Gasteiger partial charge in [-0.2, -0.15) is 0 Å². The number of carbonyl (C=O) groups is 1. The third-order valence-corrected chi connectivity index (χ3v) is 6.14. The third-order valence-electron chi connectivity index (χ3n) is 3.84. The van der Waals surface area contributed by atoms with E-state index in [9.17, 15) is 23.3 Å². The van der Waals surface area contributed by atoms with Gasteiger partial charge in [-0.3, -0.25) is 14.9 Å². The van der Waals surface area contributed by atoms with Gasteiger partial charge in [0.25, 0.3) is 11.6 Å². The highest BCUT2D eigenvalue weighted by Gasteiger charge is 2.30. The monoisotopic (exact) mass is 420 g/mol. The summed E-state index contributed by atoms with van der Waals surface area (Å²) in [6.45, 7) is 0.0826. The van der Waals surface area contributed by atoms with E-state index in [1.54, 1.807) is 18.2 Å². The summed E-state index contributed by atoms with van der Waals surface area (Å²) in [5.41, 5.74) is -0.776. The molecule has 28 heavy (non-hydrogen) atoms. The zero-order chi connectivity index (χ0) is 20.3. The molecule has 0 saturated heterocycles. The van der Waals surface area contributed by atoms with Crippen LogP contribution in [0.1, 0.15) is 16.1 Å². The van der Waals surface area contributed by atoms with E-state index in [1.165, 1.54) is 30.5 Å². The van der Waals surface area contributed by atoms with Crippen molar-refractivity contribution in [3.63, 3.8) is 0 Å². The first-order chi connectivity index (χ1) is 13.3. The summed E-state index contributed by atoms with van der Waals surface area (Å²) in [5.74, 6) is -0.109. The minimum Gasteiger partial charge on any atom is -0.467 e. The van der Waals surface area contributed by atoms with Gasteiger partial charge in [-0.25, -0.2) is 8.42 Å². The number of carbonyl (C=O) groups excluding carboxylic acids is 1. The van der Waals surface area contributed by atoms with Crippen molar-refractivity contribution in [1.82, 2.24) is 5.32 Å². The molecular weight excluding hydrogens is 408 g/mol. The second-order valence-corrected chi connectivity index (χ2v) is 7.93. The molecule has 144 valence electrons. The molecule has 1 amide bonds. The van der Waals surface area contributed by atoms with E-state index in [4.69, 9.17) is 16.0 Å². The zero-order valence-corrected chi connectivity index (χ0v) is 15.7. The number of halogens is 1. The molecule has 0 bridgehead atoms. The molecule has 0 aliphatic carbocycles. The zero-order valence-electron chi connectivity index (χ0n) is 14.2. The summed E-state index contributed by atoms with van der Waals surface area (Å²) < 4.78 is 30.8. The van der Waals surface area contributed by atoms with Gasteiger partial charge >= 0.3 is 0 Å². The van der Waals surface area contributed by atoms with Gasteiger partial charge in [0.2, 0.25) is 9.84 Å². The molecule has 0 radical (unpaired) electrons. The van der Waals surface area contributed by atoms with Gasteiger partial charge < -0.3 is 9.73 Å². The number of hydrogen-bond acceptors (Lipinski definition) is 6. The van der Waals surface area contributed by atoms with Crippen LogP contribution in [0.5, 0.6) is 0 Å². The minimum atomic E-state index is -4.26. The van der Waals surface area contributed by atoms with Crippen LogP contribution in [0.25, 0.3) is 0 Å². The number of nitro groups is 1. The van der Waals surface area contributed by atoms with Crippen LogP contribution < -0.4 is 5.32 Å². The number of benzene rings is 2. The first-order valence-electron chi connectivity index (χ1n) is 7.89. The van der Waals surface area contributed by atoms with E-state index in [0.717, 1.165) is 12.1 Å². The molecule has 1 N–H and O–H groups in total. The van der Waals surface area contributed by atoms with Gasteiger partial charge in [0.15, 0.2) is 0 Å². The molecule has 2 aromatic carbocycles. The molecule has 1 heterocycles. The maximum atomic E-state index is 12.8. The molecule has 0 atom stereocenters. The van der Waals surface area contributed by atoms with E-state index in [0.29, 0.717) is 5.76 Å². The Labute approximate surface area is 164 Å². The smallest absolute Gasteiger partial charge is 0.289 e. The number of nitrogens with zero attached hydrogens (tertiary/aromatic N) is 1. The van der Waals surface area contributed by atoms with E-state index in [2.05, 4.69) is 5.32 Å². The fraction of sp³-hybridized carbons (Fsp3) is 0.0556. The second kappa shape index (κ2) is 7.83. The van der Waals surface area contributed by atoms with Crippen molar-refractivity contribution in [3.05, 3.63) is 87.3 Å². The predicted molar refractivity (Wildman–Crippen MR) is 99.9 cm³/mol. The molecule has 0 saturated carbocycles. The molecule has 3 rings (SSSR count). The van der Waals surface area contributed by atoms with Gasteiger partial charge in [0, 0.05) is 11.6 Å². The lowest BCUT2D eigenvalue weighted by Gasteiger charge is -2.09. The standard InChI is InChI=1S/C18H13ClN2O6S/c19-14-5-1-2-6-16(14)28(25,26)17-8-7-12(10-15(17)21(23)24)18(22)20-11-13-4-3-9-27-13/h1-10H,11H2,(H,20,22). The Hall–Kier alpha value is -3.17. The Bertz CT molecular complexity index is 1140. The summed E-state index contributed by atoms with van der Waals surface area (Å²) in [6, 6.07) is 12.1. The van der Waals surface area contributed by atoms with Crippen LogP contribution in [0.3, 0.4) is 0 Å². The summed E-state index contributed by atoms with van der Waals surface area (Å²) in [6.07, 6.45) is 1.45. The number of furan rings is 1. The fourth-order valence-corrected chi connectivity index (χ4v) is 4.41. The van der Waals surface area contributed by atoms with Crippen molar-refractivity contribution in [2.45, 2.75) is 16.3 Å². The van der Waals surface area contributed by atoms with Crippen molar-refractivity contribution in [2.24, 2.45) is 0 Å². The third kappa shape index (κ3) is 3.90. The van der Waals surface area contributed by atoms with Gasteiger partial charge in [-0.15, -0.1) is 0 Å². The molecule has 0 fully saturated rings. The Morgan fingerprint density at radius 1 is 1.11 bits per heavy atom. The number of hydrogen-bond donors (Lipinski definition) is 1. The largest absolute Gasteiger partial charge is 0.467 e. The van der Waals surface area contributed by atoms with Crippen molar-refractivity contribution >= 4 is 33.0 Å². The van der Waals surface area contributed by atoms with Crippen LogP contribution in [0.4, 0.5) is 5.69 Å². The minimum absolute atomic E-state index is 0.0583. The van der Waals surface area contributed by atoms with Crippen molar-refractivity contribution in [2.75, 3.05) is 0 Å². The summed E-state index contributed by atoms with van der Waals surface area (Å²) in [7, 11) is -4.26. The molecule has 1 aromatic heterocycles. The highest BCUT2D eigenvalue weighted by Crippen LogP contribution is 2.33. The molecule has 8 nitrogen and oxygen atoms in total. The average Bonchev–Trinajstić information content (AvgIpc) is 3.19. The Balaban J connectivity index is 1.97. The topological polar surface area (TPSA) is 120 Å². The number of sulfone groups is 1. The van der Waals surface area contributed by atoms with Crippen molar-refractivity contribution < 1.29 is 22.6 Å². The highest BCUT2D eigenvalue weighted by molar-refractivity contribution is 7.91. The lowest BCUT2D eigenvalue weighted by Crippen LogP contribution is -2.22. The summed E-state index contributed by atoms with van der Waals surface area (Å²) >= 11 is 5.94. The quantitative estimate of drug-likeness (QED) is 0.480. The SMILES string of the molecule is O=C(NCc1ccco1)c1ccc(S(=O)(=O)c2ccccc2Cl)c([N+](=O)[O-])c1. The van der Waals surface area contributed by atoms with Gasteiger partial charge in [-0.1, -0.05) is 23.7 Å². The predicted octanol–water partition coefficient (Wildman–Crippen LogP) is 3.60. The molecule has 0 spiro atoms. The highest BCUT2D eigenvalue weighted by atomic mass is 35.5. The second-order valence-electron chi connectivity index (χ2n) is 5.64. The summed E-state index contributed by atoms with van der Waals surface area (Å²) in [5, 5.41) is 13.9. The summed E-state index contributed by atoms with van der Waals surface area (Å²) in [4.78, 5) is 22.1. The number of rotatable bonds is 6. The molecular formula is C18H13ClN2O6S. The Morgan fingerprint density at radius 2 is 1.86 bits per heavy atom. The van der Waals surface area contributed by atoms with E-state index in [1.807, 2.05) is 0 Å². The molecule has 0 aliphatic rings. The van der Waals surface area contributed by atoms with Crippen LogP contribution in [0, 0.1) is 10.1 Å². The van der Waals surface area contributed by atoms with Crippen molar-refractivity contribution in [3.8, 4) is 0 Å².